The Balaban J connectivity index is 1.20. The second kappa shape index (κ2) is 11.9. The quantitative estimate of drug-likeness (QED) is 0.269. The molecule has 1 saturated heterocycles. The number of para-hydroxylation sites is 2. The van der Waals surface area contributed by atoms with Gasteiger partial charge in [0.1, 0.15) is 5.76 Å². The largest absolute Gasteiger partial charge is 0.451 e. The normalized spacial score (nSPS) is 13.2. The van der Waals surface area contributed by atoms with Crippen LogP contribution in [-0.4, -0.2) is 48.0 Å². The first-order chi connectivity index (χ1) is 18.9. The zero-order chi connectivity index (χ0) is 27.4. The second-order valence-electron chi connectivity index (χ2n) is 8.86. The molecule has 0 spiro atoms. The van der Waals surface area contributed by atoms with Gasteiger partial charge in [0.15, 0.2) is 10.9 Å². The van der Waals surface area contributed by atoms with Crippen LogP contribution in [0.2, 0.25) is 10.0 Å². The van der Waals surface area contributed by atoms with Crippen LogP contribution in [0.25, 0.3) is 11.3 Å². The maximum atomic E-state index is 12.8. The molecule has 5 rings (SSSR count). The van der Waals surface area contributed by atoms with E-state index in [1.165, 1.54) is 0 Å². The standard InChI is InChI=1S/C29H24Cl2N4O3S/c30-21-11-10-20(18-22(21)31)25-12-13-26(38-25)27(36)33-29(39)32-23-8-4-5-9-24(23)34-14-16-35(17-15-34)28(37)19-6-2-1-3-7-19/h1-13,18H,14-17H2,(H2,32,33,36,39). The van der Waals surface area contributed by atoms with Crippen LogP contribution in [0.3, 0.4) is 0 Å². The van der Waals surface area contributed by atoms with Crippen molar-refractivity contribution in [2.24, 2.45) is 0 Å². The third kappa shape index (κ3) is 6.25. The number of halogens is 2. The molecule has 0 radical (unpaired) electrons. The molecule has 0 saturated carbocycles. The molecule has 2 amide bonds. The number of thiocarbonyl (C=S) groups is 1. The van der Waals surface area contributed by atoms with Gasteiger partial charge in [0, 0.05) is 37.3 Å². The number of carbonyl (C=O) groups excluding carboxylic acids is 2. The second-order valence-corrected chi connectivity index (χ2v) is 10.1. The highest BCUT2D eigenvalue weighted by molar-refractivity contribution is 7.80. The van der Waals surface area contributed by atoms with E-state index in [0.717, 1.165) is 11.4 Å². The molecule has 0 bridgehead atoms. The number of carbonyl (C=O) groups is 2. The summed E-state index contributed by atoms with van der Waals surface area (Å²) in [5.74, 6) is 0.135. The van der Waals surface area contributed by atoms with Crippen LogP contribution in [0.1, 0.15) is 20.9 Å². The third-order valence-electron chi connectivity index (χ3n) is 6.34. The fourth-order valence-electron chi connectivity index (χ4n) is 4.35. The molecule has 1 aliphatic heterocycles. The number of furan rings is 1. The van der Waals surface area contributed by atoms with Crippen LogP contribution in [-0.2, 0) is 0 Å². The average Bonchev–Trinajstić information content (AvgIpc) is 3.46. The summed E-state index contributed by atoms with van der Waals surface area (Å²) in [4.78, 5) is 29.6. The smallest absolute Gasteiger partial charge is 0.293 e. The Hall–Kier alpha value is -3.85. The van der Waals surface area contributed by atoms with E-state index in [0.29, 0.717) is 53.1 Å². The summed E-state index contributed by atoms with van der Waals surface area (Å²) in [5, 5.41) is 6.76. The molecule has 0 unspecified atom stereocenters. The first kappa shape index (κ1) is 26.7. The van der Waals surface area contributed by atoms with E-state index >= 15 is 0 Å². The lowest BCUT2D eigenvalue weighted by atomic mass is 10.1. The number of benzene rings is 3. The molecular formula is C29H24Cl2N4O3S. The predicted molar refractivity (Wildman–Crippen MR) is 159 cm³/mol. The molecule has 0 aliphatic carbocycles. The zero-order valence-electron chi connectivity index (χ0n) is 20.7. The Kier molecular flexibility index (Phi) is 8.16. The maximum absolute atomic E-state index is 12.8. The van der Waals surface area contributed by atoms with Crippen LogP contribution in [0.5, 0.6) is 0 Å². The van der Waals surface area contributed by atoms with Crippen LogP contribution < -0.4 is 15.5 Å². The molecule has 7 nitrogen and oxygen atoms in total. The van der Waals surface area contributed by atoms with E-state index in [1.54, 1.807) is 30.3 Å². The van der Waals surface area contributed by atoms with Gasteiger partial charge in [0.2, 0.25) is 0 Å². The van der Waals surface area contributed by atoms with Crippen LogP contribution in [0.15, 0.2) is 89.3 Å². The van der Waals surface area contributed by atoms with Crippen LogP contribution >= 0.6 is 35.4 Å². The van der Waals surface area contributed by atoms with E-state index in [2.05, 4.69) is 15.5 Å². The molecule has 1 aliphatic rings. The Morgan fingerprint density at radius 1 is 0.821 bits per heavy atom. The van der Waals surface area contributed by atoms with E-state index in [1.807, 2.05) is 59.5 Å². The molecule has 1 aromatic heterocycles. The van der Waals surface area contributed by atoms with Crippen molar-refractivity contribution in [2.45, 2.75) is 0 Å². The van der Waals surface area contributed by atoms with Crippen molar-refractivity contribution in [1.82, 2.24) is 10.2 Å². The number of rotatable bonds is 5. The van der Waals surface area contributed by atoms with Crippen molar-refractivity contribution >= 4 is 63.7 Å². The summed E-state index contributed by atoms with van der Waals surface area (Å²) in [7, 11) is 0. The summed E-state index contributed by atoms with van der Waals surface area (Å²) in [6, 6.07) is 25.4. The zero-order valence-corrected chi connectivity index (χ0v) is 23.0. The highest BCUT2D eigenvalue weighted by Crippen LogP contribution is 2.30. The molecular weight excluding hydrogens is 555 g/mol. The van der Waals surface area contributed by atoms with E-state index in [9.17, 15) is 9.59 Å². The van der Waals surface area contributed by atoms with Gasteiger partial charge in [0.25, 0.3) is 11.8 Å². The number of hydrogen-bond donors (Lipinski definition) is 2. The first-order valence-corrected chi connectivity index (χ1v) is 13.4. The molecule has 1 fully saturated rings. The molecule has 2 N–H and O–H groups in total. The monoisotopic (exact) mass is 578 g/mol. The van der Waals surface area contributed by atoms with E-state index < -0.39 is 5.91 Å². The van der Waals surface area contributed by atoms with Gasteiger partial charge in [-0.1, -0.05) is 53.5 Å². The molecule has 0 atom stereocenters. The number of nitrogens with one attached hydrogen (secondary N) is 2. The predicted octanol–water partition coefficient (Wildman–Crippen LogP) is 6.34. The van der Waals surface area contributed by atoms with Gasteiger partial charge in [-0.25, -0.2) is 0 Å². The summed E-state index contributed by atoms with van der Waals surface area (Å²) >= 11 is 17.5. The van der Waals surface area contributed by atoms with Crippen molar-refractivity contribution in [3.05, 3.63) is 106 Å². The summed E-state index contributed by atoms with van der Waals surface area (Å²) < 4.78 is 5.72. The fourth-order valence-corrected chi connectivity index (χ4v) is 4.85. The van der Waals surface area contributed by atoms with Gasteiger partial charge >= 0.3 is 0 Å². The lowest BCUT2D eigenvalue weighted by molar-refractivity contribution is 0.0746. The van der Waals surface area contributed by atoms with Gasteiger partial charge in [-0.3, -0.25) is 14.9 Å². The van der Waals surface area contributed by atoms with Crippen molar-refractivity contribution in [3.8, 4) is 11.3 Å². The van der Waals surface area contributed by atoms with E-state index in [-0.39, 0.29) is 16.8 Å². The Labute approximate surface area is 241 Å². The lowest BCUT2D eigenvalue weighted by Gasteiger charge is -2.37. The molecule has 3 aromatic carbocycles. The van der Waals surface area contributed by atoms with Crippen molar-refractivity contribution in [1.29, 1.82) is 0 Å². The molecule has 198 valence electrons. The Morgan fingerprint density at radius 3 is 2.28 bits per heavy atom. The van der Waals surface area contributed by atoms with Gasteiger partial charge in [-0.2, -0.15) is 0 Å². The highest BCUT2D eigenvalue weighted by atomic mass is 35.5. The highest BCUT2D eigenvalue weighted by Gasteiger charge is 2.24. The molecule has 2 heterocycles. The first-order valence-electron chi connectivity index (χ1n) is 12.2. The number of nitrogens with zero attached hydrogens (tertiary/aromatic N) is 2. The Bertz CT molecular complexity index is 1520. The minimum atomic E-state index is -0.482. The lowest BCUT2D eigenvalue weighted by Crippen LogP contribution is -2.49. The van der Waals surface area contributed by atoms with Gasteiger partial charge in [0.05, 0.1) is 21.4 Å². The Morgan fingerprint density at radius 2 is 1.54 bits per heavy atom. The van der Waals surface area contributed by atoms with Crippen molar-refractivity contribution < 1.29 is 14.0 Å². The number of hydrogen-bond acceptors (Lipinski definition) is 5. The van der Waals surface area contributed by atoms with E-state index in [4.69, 9.17) is 39.8 Å². The van der Waals surface area contributed by atoms with Crippen LogP contribution in [0.4, 0.5) is 11.4 Å². The van der Waals surface area contributed by atoms with Gasteiger partial charge < -0.3 is 19.5 Å². The van der Waals surface area contributed by atoms with Crippen molar-refractivity contribution in [3.63, 3.8) is 0 Å². The summed E-state index contributed by atoms with van der Waals surface area (Å²) in [6.45, 7) is 2.53. The minimum Gasteiger partial charge on any atom is -0.451 e. The maximum Gasteiger partial charge on any atom is 0.293 e. The summed E-state index contributed by atoms with van der Waals surface area (Å²) in [5.41, 5.74) is 3.07. The summed E-state index contributed by atoms with van der Waals surface area (Å²) in [6.07, 6.45) is 0. The molecule has 4 aromatic rings. The number of piperazine rings is 1. The van der Waals surface area contributed by atoms with Gasteiger partial charge in [-0.15, -0.1) is 0 Å². The minimum absolute atomic E-state index is 0.0331. The number of anilines is 2. The van der Waals surface area contributed by atoms with Crippen molar-refractivity contribution in [2.75, 3.05) is 36.4 Å². The number of amides is 2. The average molecular weight is 580 g/mol. The molecule has 39 heavy (non-hydrogen) atoms. The third-order valence-corrected chi connectivity index (χ3v) is 7.28. The SMILES string of the molecule is O=C(NC(=S)Nc1ccccc1N1CCN(C(=O)c2ccccc2)CC1)c1ccc(-c2ccc(Cl)c(Cl)c2)o1. The van der Waals surface area contributed by atoms with Crippen LogP contribution in [0, 0.1) is 0 Å². The molecule has 10 heteroatoms. The van der Waals surface area contributed by atoms with Gasteiger partial charge in [-0.05, 0) is 66.8 Å². The topological polar surface area (TPSA) is 77.8 Å². The fraction of sp³-hybridized carbons (Fsp3) is 0.138.